The van der Waals surface area contributed by atoms with E-state index in [-0.39, 0.29) is 18.0 Å². The Kier molecular flexibility index (Phi) is 6.47. The van der Waals surface area contributed by atoms with Crippen molar-refractivity contribution in [2.75, 3.05) is 6.17 Å². The molecule has 0 saturated heterocycles. The molecule has 156 valence electrons. The van der Waals surface area contributed by atoms with Gasteiger partial charge in [-0.3, -0.25) is 14.5 Å². The van der Waals surface area contributed by atoms with Crippen LogP contribution in [0.2, 0.25) is 58.9 Å². The summed E-state index contributed by atoms with van der Waals surface area (Å²) in [7, 11) is -9.56. The summed E-state index contributed by atoms with van der Waals surface area (Å²) in [5, 5.41) is 0. The maximum atomic E-state index is 13.0. The van der Waals surface area contributed by atoms with Gasteiger partial charge in [-0.1, -0.05) is 12.1 Å². The maximum absolute atomic E-state index is 13.0. The minimum Gasteiger partial charge on any atom is -0.416 e. The number of hydrogen-bond donors (Lipinski definition) is 0. The first kappa shape index (κ1) is 23.4. The highest BCUT2D eigenvalue weighted by Crippen LogP contribution is 2.30. The van der Waals surface area contributed by atoms with Crippen molar-refractivity contribution in [1.29, 1.82) is 0 Å². The fourth-order valence-corrected chi connectivity index (χ4v) is 17.4. The lowest BCUT2D eigenvalue weighted by molar-refractivity contribution is 0.0648. The molecule has 10 heteroatoms. The van der Waals surface area contributed by atoms with Gasteiger partial charge in [0.15, 0.2) is 25.0 Å². The van der Waals surface area contributed by atoms with E-state index >= 15 is 0 Å². The quantitative estimate of drug-likeness (QED) is 0.431. The summed E-state index contributed by atoms with van der Waals surface area (Å²) in [6.45, 7) is 18.7. The van der Waals surface area contributed by atoms with E-state index in [1.54, 1.807) is 24.3 Å². The van der Waals surface area contributed by atoms with Crippen LogP contribution in [0.15, 0.2) is 24.3 Å². The largest absolute Gasteiger partial charge is 0.490 e. The fraction of sp³-hybridized carbons (Fsp3) is 0.556. The van der Waals surface area contributed by atoms with Gasteiger partial charge in [0.25, 0.3) is 11.8 Å². The SMILES string of the molecule is C[Si](C)(C)O[Si](CN1C(=O)c2ccccc2C1=O)(O[Si](C)(C)C)O[Si](C)(C)C. The van der Waals surface area contributed by atoms with E-state index in [0.29, 0.717) is 11.1 Å². The first-order valence-electron chi connectivity index (χ1n) is 9.58. The number of carbonyl (C=O) groups excluding carboxylic acids is 2. The van der Waals surface area contributed by atoms with Gasteiger partial charge in [0.2, 0.25) is 0 Å². The Hall–Kier alpha value is -0.892. The zero-order valence-electron chi connectivity index (χ0n) is 18.5. The molecule has 1 aliphatic heterocycles. The monoisotopic (exact) mass is 455 g/mol. The van der Waals surface area contributed by atoms with Gasteiger partial charge >= 0.3 is 8.80 Å². The number of nitrogens with zero attached hydrogens (tertiary/aromatic N) is 1. The molecule has 6 nitrogen and oxygen atoms in total. The van der Waals surface area contributed by atoms with Gasteiger partial charge in [-0.15, -0.1) is 0 Å². The zero-order valence-corrected chi connectivity index (χ0v) is 22.5. The molecule has 0 aromatic heterocycles. The highest BCUT2D eigenvalue weighted by atomic mass is 28.5. The molecule has 0 radical (unpaired) electrons. The molecule has 1 aliphatic rings. The van der Waals surface area contributed by atoms with Gasteiger partial charge in [-0.05, 0) is 71.1 Å². The van der Waals surface area contributed by atoms with Crippen LogP contribution >= 0.6 is 0 Å². The Morgan fingerprint density at radius 3 is 1.29 bits per heavy atom. The van der Waals surface area contributed by atoms with E-state index in [1.165, 1.54) is 4.90 Å². The number of imide groups is 1. The minimum absolute atomic E-state index is 0.0676. The highest BCUT2D eigenvalue weighted by Gasteiger charge is 2.54. The first-order valence-corrected chi connectivity index (χ1v) is 21.7. The van der Waals surface area contributed by atoms with Crippen LogP contribution in [0.4, 0.5) is 0 Å². The van der Waals surface area contributed by atoms with Crippen LogP contribution in [-0.4, -0.2) is 56.6 Å². The van der Waals surface area contributed by atoms with Crippen LogP contribution in [0, 0.1) is 0 Å². The Balaban J connectivity index is 2.49. The Morgan fingerprint density at radius 1 is 0.679 bits per heavy atom. The molecule has 2 amide bonds. The number of benzene rings is 1. The predicted octanol–water partition coefficient (Wildman–Crippen LogP) is 4.32. The lowest BCUT2D eigenvalue weighted by Gasteiger charge is -2.43. The summed E-state index contributed by atoms with van der Waals surface area (Å²) in [5.74, 6) is -0.593. The van der Waals surface area contributed by atoms with Crippen LogP contribution in [0.25, 0.3) is 0 Å². The summed E-state index contributed by atoms with van der Waals surface area (Å²) in [6.07, 6.45) is 0.0676. The van der Waals surface area contributed by atoms with Gasteiger partial charge < -0.3 is 12.3 Å². The van der Waals surface area contributed by atoms with E-state index < -0.39 is 33.8 Å². The minimum atomic E-state index is -3.32. The van der Waals surface area contributed by atoms with Gasteiger partial charge in [0.1, 0.15) is 0 Å². The Morgan fingerprint density at radius 2 is 1.00 bits per heavy atom. The lowest BCUT2D eigenvalue weighted by Crippen LogP contribution is -2.66. The molecule has 0 aliphatic carbocycles. The molecule has 1 aromatic rings. The first-order chi connectivity index (χ1) is 12.5. The Bertz CT molecular complexity index is 689. The van der Waals surface area contributed by atoms with Crippen molar-refractivity contribution < 1.29 is 21.9 Å². The van der Waals surface area contributed by atoms with Crippen molar-refractivity contribution in [2.24, 2.45) is 0 Å². The van der Waals surface area contributed by atoms with Gasteiger partial charge in [0, 0.05) is 0 Å². The summed E-state index contributed by atoms with van der Waals surface area (Å²) >= 11 is 0. The van der Waals surface area contributed by atoms with Crippen molar-refractivity contribution in [3.8, 4) is 0 Å². The topological polar surface area (TPSA) is 65.1 Å². The van der Waals surface area contributed by atoms with E-state index in [9.17, 15) is 9.59 Å². The molecule has 1 heterocycles. The van der Waals surface area contributed by atoms with Gasteiger partial charge in [0.05, 0.1) is 17.3 Å². The van der Waals surface area contributed by atoms with Crippen LogP contribution in [-0.2, 0) is 12.3 Å². The molecule has 0 saturated carbocycles. The predicted molar refractivity (Wildman–Crippen MR) is 121 cm³/mol. The number of hydrogen-bond acceptors (Lipinski definition) is 5. The second-order valence-electron chi connectivity index (χ2n) is 10.1. The Labute approximate surface area is 172 Å². The summed E-state index contributed by atoms with van der Waals surface area (Å²) in [6, 6.07) is 6.93. The number of fused-ring (bicyclic) bond motifs is 1. The average molecular weight is 456 g/mol. The fourth-order valence-electron chi connectivity index (χ4n) is 3.14. The van der Waals surface area contributed by atoms with E-state index in [1.807, 2.05) is 0 Å². The number of amides is 2. The second-order valence-corrected chi connectivity index (χ2v) is 26.9. The van der Waals surface area contributed by atoms with Crippen molar-refractivity contribution in [3.05, 3.63) is 35.4 Å². The third-order valence-electron chi connectivity index (χ3n) is 3.62. The average Bonchev–Trinajstić information content (AvgIpc) is 2.67. The lowest BCUT2D eigenvalue weighted by atomic mass is 10.1. The van der Waals surface area contributed by atoms with E-state index in [0.717, 1.165) is 0 Å². The summed E-state index contributed by atoms with van der Waals surface area (Å²) < 4.78 is 19.8. The van der Waals surface area contributed by atoms with Crippen molar-refractivity contribution in [2.45, 2.75) is 58.9 Å². The maximum Gasteiger partial charge on any atom is 0.490 e. The van der Waals surface area contributed by atoms with Crippen molar-refractivity contribution >= 4 is 45.6 Å². The van der Waals surface area contributed by atoms with E-state index in [4.69, 9.17) is 12.3 Å². The molecule has 0 atom stereocenters. The molecule has 0 unspecified atom stereocenters. The normalized spacial score (nSPS) is 16.0. The molecule has 0 N–H and O–H groups in total. The van der Waals surface area contributed by atoms with Crippen LogP contribution in [0.1, 0.15) is 20.7 Å². The second kappa shape index (κ2) is 7.74. The molecule has 0 fully saturated rings. The summed E-state index contributed by atoms with van der Waals surface area (Å²) in [4.78, 5) is 27.2. The van der Waals surface area contributed by atoms with Crippen molar-refractivity contribution in [1.82, 2.24) is 4.90 Å². The molecule has 1 aromatic carbocycles. The van der Waals surface area contributed by atoms with E-state index in [2.05, 4.69) is 58.9 Å². The molecule has 0 spiro atoms. The smallest absolute Gasteiger partial charge is 0.416 e. The molecular weight excluding hydrogens is 423 g/mol. The molecule has 0 bridgehead atoms. The van der Waals surface area contributed by atoms with Crippen molar-refractivity contribution in [3.63, 3.8) is 0 Å². The highest BCUT2D eigenvalue weighted by molar-refractivity contribution is 6.90. The third-order valence-corrected chi connectivity index (χ3v) is 15.4. The third kappa shape index (κ3) is 6.05. The standard InChI is InChI=1S/C18H33NO5Si4/c1-25(2,3)22-28(23-26(4,5)6,24-27(7,8)9)14-19-17(20)15-12-10-11-13-16(15)18(19)21/h10-13H,14H2,1-9H3. The zero-order chi connectivity index (χ0) is 21.5. The molecular formula is C18H33NO5Si4. The summed E-state index contributed by atoms with van der Waals surface area (Å²) in [5.41, 5.74) is 0.869. The van der Waals surface area contributed by atoms with Crippen LogP contribution in [0.5, 0.6) is 0 Å². The van der Waals surface area contributed by atoms with Crippen LogP contribution < -0.4 is 0 Å². The van der Waals surface area contributed by atoms with Crippen LogP contribution in [0.3, 0.4) is 0 Å². The molecule has 2 rings (SSSR count). The number of carbonyl (C=O) groups is 2. The number of rotatable bonds is 8. The van der Waals surface area contributed by atoms with Gasteiger partial charge in [-0.2, -0.15) is 0 Å². The molecule has 28 heavy (non-hydrogen) atoms. The van der Waals surface area contributed by atoms with Gasteiger partial charge in [-0.25, -0.2) is 0 Å².